The van der Waals surface area contributed by atoms with E-state index in [0.717, 1.165) is 27.8 Å². The molecule has 2 aromatic heterocycles. The van der Waals surface area contributed by atoms with E-state index in [4.69, 9.17) is 9.15 Å². The number of methoxy groups -OCH3 is 1. The Kier molecular flexibility index (Phi) is 3.39. The van der Waals surface area contributed by atoms with Crippen molar-refractivity contribution in [2.24, 2.45) is 0 Å². The van der Waals surface area contributed by atoms with E-state index >= 15 is 0 Å². The smallest absolute Gasteiger partial charge is 0.137 e. The lowest BCUT2D eigenvalue weighted by Gasteiger charge is -2.16. The van der Waals surface area contributed by atoms with Gasteiger partial charge in [0.1, 0.15) is 11.3 Å². The van der Waals surface area contributed by atoms with Gasteiger partial charge in [0.05, 0.1) is 25.6 Å². The molecule has 3 aromatic rings. The quantitative estimate of drug-likeness (QED) is 0.789. The van der Waals surface area contributed by atoms with Crippen molar-refractivity contribution in [3.63, 3.8) is 0 Å². The van der Waals surface area contributed by atoms with Crippen LogP contribution < -0.4 is 10.1 Å². The van der Waals surface area contributed by atoms with Crippen LogP contribution >= 0.6 is 0 Å². The average Bonchev–Trinajstić information content (AvgIpc) is 2.93. The molecule has 0 aliphatic heterocycles. The molecule has 4 nitrogen and oxygen atoms in total. The normalized spacial score (nSPS) is 12.5. The van der Waals surface area contributed by atoms with Crippen molar-refractivity contribution in [3.8, 4) is 5.75 Å². The van der Waals surface area contributed by atoms with E-state index in [2.05, 4.69) is 16.4 Å². The standard InChI is InChI=1S/C16H16N2O2/c1-17-16(11-7-12(19-2)9-18-8-11)14-10-20-15-6-4-3-5-13(14)15/h3-10,16-17H,1-2H3. The molecule has 2 heterocycles. The van der Waals surface area contributed by atoms with Crippen LogP contribution in [0.4, 0.5) is 0 Å². The Balaban J connectivity index is 2.09. The van der Waals surface area contributed by atoms with E-state index in [1.807, 2.05) is 37.5 Å². The van der Waals surface area contributed by atoms with Gasteiger partial charge >= 0.3 is 0 Å². The highest BCUT2D eigenvalue weighted by molar-refractivity contribution is 5.81. The highest BCUT2D eigenvalue weighted by Crippen LogP contribution is 2.31. The number of aromatic nitrogens is 1. The number of benzene rings is 1. The second-order valence-electron chi connectivity index (χ2n) is 4.57. The third-order valence-electron chi connectivity index (χ3n) is 3.41. The third-order valence-corrected chi connectivity index (χ3v) is 3.41. The van der Waals surface area contributed by atoms with Gasteiger partial charge in [-0.15, -0.1) is 0 Å². The predicted octanol–water partition coefficient (Wildman–Crippen LogP) is 3.15. The number of rotatable bonds is 4. The Bertz CT molecular complexity index is 721. The van der Waals surface area contributed by atoms with E-state index in [-0.39, 0.29) is 6.04 Å². The molecule has 0 saturated heterocycles. The maximum absolute atomic E-state index is 5.62. The molecule has 1 aromatic carbocycles. The maximum Gasteiger partial charge on any atom is 0.137 e. The SMILES string of the molecule is CNC(c1cncc(OC)c1)c1coc2ccccc12. The Morgan fingerprint density at radius 1 is 1.25 bits per heavy atom. The number of hydrogen-bond acceptors (Lipinski definition) is 4. The molecule has 102 valence electrons. The first kappa shape index (κ1) is 12.7. The lowest BCUT2D eigenvalue weighted by atomic mass is 9.99. The molecule has 1 unspecified atom stereocenters. The van der Waals surface area contributed by atoms with Crippen molar-refractivity contribution in [3.05, 3.63) is 60.1 Å². The Morgan fingerprint density at radius 3 is 2.90 bits per heavy atom. The molecular weight excluding hydrogens is 252 g/mol. The molecule has 0 spiro atoms. The first-order valence-corrected chi connectivity index (χ1v) is 6.46. The summed E-state index contributed by atoms with van der Waals surface area (Å²) in [6.45, 7) is 0. The third kappa shape index (κ3) is 2.14. The summed E-state index contributed by atoms with van der Waals surface area (Å²) in [5, 5.41) is 4.41. The molecule has 20 heavy (non-hydrogen) atoms. The summed E-state index contributed by atoms with van der Waals surface area (Å²) in [4.78, 5) is 4.22. The minimum atomic E-state index is 0.0150. The van der Waals surface area contributed by atoms with Crippen molar-refractivity contribution >= 4 is 11.0 Å². The molecule has 4 heteroatoms. The second-order valence-corrected chi connectivity index (χ2v) is 4.57. The van der Waals surface area contributed by atoms with E-state index in [1.165, 1.54) is 0 Å². The summed E-state index contributed by atoms with van der Waals surface area (Å²) in [5.74, 6) is 0.746. The van der Waals surface area contributed by atoms with Gasteiger partial charge in [-0.05, 0) is 24.7 Å². The van der Waals surface area contributed by atoms with Crippen LogP contribution in [0.1, 0.15) is 17.2 Å². The number of hydrogen-bond donors (Lipinski definition) is 1. The fraction of sp³-hybridized carbons (Fsp3) is 0.188. The Morgan fingerprint density at radius 2 is 2.10 bits per heavy atom. The molecule has 0 aliphatic carbocycles. The highest BCUT2D eigenvalue weighted by Gasteiger charge is 2.18. The lowest BCUT2D eigenvalue weighted by molar-refractivity contribution is 0.411. The molecule has 1 N–H and O–H groups in total. The molecule has 1 atom stereocenters. The zero-order chi connectivity index (χ0) is 13.9. The van der Waals surface area contributed by atoms with Gasteiger partial charge in [0.15, 0.2) is 0 Å². The van der Waals surface area contributed by atoms with Crippen molar-refractivity contribution in [1.82, 2.24) is 10.3 Å². The molecular formula is C16H16N2O2. The van der Waals surface area contributed by atoms with Crippen molar-refractivity contribution in [2.75, 3.05) is 14.2 Å². The molecule has 0 fully saturated rings. The van der Waals surface area contributed by atoms with Crippen LogP contribution in [0.5, 0.6) is 5.75 Å². The van der Waals surface area contributed by atoms with Gasteiger partial charge in [-0.2, -0.15) is 0 Å². The van der Waals surface area contributed by atoms with Gasteiger partial charge in [-0.3, -0.25) is 4.98 Å². The zero-order valence-corrected chi connectivity index (χ0v) is 11.5. The summed E-state index contributed by atoms with van der Waals surface area (Å²) in [5.41, 5.74) is 3.02. The fourth-order valence-corrected chi connectivity index (χ4v) is 2.43. The maximum atomic E-state index is 5.62. The number of para-hydroxylation sites is 1. The summed E-state index contributed by atoms with van der Waals surface area (Å²) >= 11 is 0. The van der Waals surface area contributed by atoms with Crippen molar-refractivity contribution in [1.29, 1.82) is 0 Å². The summed E-state index contributed by atoms with van der Waals surface area (Å²) in [6.07, 6.45) is 5.33. The molecule has 0 aliphatic rings. The number of fused-ring (bicyclic) bond motifs is 1. The van der Waals surface area contributed by atoms with Crippen LogP contribution in [-0.2, 0) is 0 Å². The van der Waals surface area contributed by atoms with Crippen LogP contribution in [0.25, 0.3) is 11.0 Å². The Labute approximate surface area is 117 Å². The van der Waals surface area contributed by atoms with Gasteiger partial charge in [-0.25, -0.2) is 0 Å². The van der Waals surface area contributed by atoms with E-state index < -0.39 is 0 Å². The van der Waals surface area contributed by atoms with Gasteiger partial charge in [-0.1, -0.05) is 18.2 Å². The minimum absolute atomic E-state index is 0.0150. The van der Waals surface area contributed by atoms with E-state index in [9.17, 15) is 0 Å². The fourth-order valence-electron chi connectivity index (χ4n) is 2.43. The first-order valence-electron chi connectivity index (χ1n) is 6.46. The van der Waals surface area contributed by atoms with Crippen LogP contribution in [0.3, 0.4) is 0 Å². The topological polar surface area (TPSA) is 47.3 Å². The predicted molar refractivity (Wildman–Crippen MR) is 77.9 cm³/mol. The van der Waals surface area contributed by atoms with Gasteiger partial charge in [0, 0.05) is 17.1 Å². The molecule has 3 rings (SSSR count). The summed E-state index contributed by atoms with van der Waals surface area (Å²) in [6, 6.07) is 10.0. The molecule has 0 amide bonds. The van der Waals surface area contributed by atoms with E-state index in [1.54, 1.807) is 19.6 Å². The first-order chi connectivity index (χ1) is 9.83. The number of nitrogens with zero attached hydrogens (tertiary/aromatic N) is 1. The van der Waals surface area contributed by atoms with E-state index in [0.29, 0.717) is 0 Å². The number of nitrogens with one attached hydrogen (secondary N) is 1. The largest absolute Gasteiger partial charge is 0.495 e. The summed E-state index contributed by atoms with van der Waals surface area (Å²) in [7, 11) is 3.56. The van der Waals surface area contributed by atoms with Crippen LogP contribution in [0, 0.1) is 0 Å². The minimum Gasteiger partial charge on any atom is -0.495 e. The number of ether oxygens (including phenoxy) is 1. The highest BCUT2D eigenvalue weighted by atomic mass is 16.5. The molecule has 0 saturated carbocycles. The lowest BCUT2D eigenvalue weighted by Crippen LogP contribution is -2.17. The average molecular weight is 268 g/mol. The van der Waals surface area contributed by atoms with Gasteiger partial charge in [0.2, 0.25) is 0 Å². The second kappa shape index (κ2) is 5.35. The molecule has 0 radical (unpaired) electrons. The van der Waals surface area contributed by atoms with Crippen LogP contribution in [-0.4, -0.2) is 19.1 Å². The zero-order valence-electron chi connectivity index (χ0n) is 11.5. The van der Waals surface area contributed by atoms with Crippen LogP contribution in [0.2, 0.25) is 0 Å². The van der Waals surface area contributed by atoms with Gasteiger partial charge in [0.25, 0.3) is 0 Å². The number of pyridine rings is 1. The van der Waals surface area contributed by atoms with Crippen LogP contribution in [0.15, 0.2) is 53.4 Å². The van der Waals surface area contributed by atoms with Gasteiger partial charge < -0.3 is 14.5 Å². The van der Waals surface area contributed by atoms with Crippen molar-refractivity contribution in [2.45, 2.75) is 6.04 Å². The summed E-state index contributed by atoms with van der Waals surface area (Å²) < 4.78 is 10.9. The van der Waals surface area contributed by atoms with Crippen molar-refractivity contribution < 1.29 is 9.15 Å². The number of furan rings is 1. The monoisotopic (exact) mass is 268 g/mol. The molecule has 0 bridgehead atoms. The Hall–Kier alpha value is -2.33.